The second kappa shape index (κ2) is 7.44. The highest BCUT2D eigenvalue weighted by Crippen LogP contribution is 2.56. The number of benzene rings is 1. The van der Waals surface area contributed by atoms with Crippen molar-refractivity contribution in [2.24, 2.45) is 11.1 Å². The molecule has 1 amide bonds. The first-order valence-electron chi connectivity index (χ1n) is 9.96. The summed E-state index contributed by atoms with van der Waals surface area (Å²) in [4.78, 5) is 19.9. The number of aryl methyl sites for hydroxylation is 1. The summed E-state index contributed by atoms with van der Waals surface area (Å²) in [5.41, 5.74) is 7.52. The van der Waals surface area contributed by atoms with E-state index in [1.165, 1.54) is 0 Å². The number of nitrogens with two attached hydrogens (primary N) is 1. The van der Waals surface area contributed by atoms with Crippen molar-refractivity contribution in [1.82, 2.24) is 19.8 Å². The Kier molecular flexibility index (Phi) is 5.02. The standard InChI is InChI=1S/C21H29N5O/c1-2-25-13-12-24-18(25)15-26(17-14-21(17)8-10-23-11-9-21)20(27)19(22)16-6-4-3-5-7-16/h3-7,12-13,17,19,23H,2,8-11,14-15,22H2,1H3/t17-,19+/m0/s1. The van der Waals surface area contributed by atoms with Crippen LogP contribution < -0.4 is 11.1 Å². The number of hydrogen-bond donors (Lipinski definition) is 2. The third-order valence-electron chi connectivity index (χ3n) is 6.28. The van der Waals surface area contributed by atoms with E-state index in [4.69, 9.17) is 5.73 Å². The van der Waals surface area contributed by atoms with Gasteiger partial charge in [0.1, 0.15) is 11.9 Å². The average Bonchev–Trinajstić information content (AvgIpc) is 3.19. The molecule has 1 aromatic heterocycles. The first kappa shape index (κ1) is 18.2. The molecule has 4 rings (SSSR count). The molecule has 0 unspecified atom stereocenters. The van der Waals surface area contributed by atoms with Gasteiger partial charge in [-0.25, -0.2) is 4.98 Å². The van der Waals surface area contributed by atoms with Gasteiger partial charge in [-0.1, -0.05) is 30.3 Å². The molecular weight excluding hydrogens is 338 g/mol. The Labute approximate surface area is 160 Å². The molecule has 3 N–H and O–H groups in total. The fourth-order valence-corrected chi connectivity index (χ4v) is 4.48. The van der Waals surface area contributed by atoms with Gasteiger partial charge in [-0.2, -0.15) is 0 Å². The Morgan fingerprint density at radius 2 is 2.11 bits per heavy atom. The van der Waals surface area contributed by atoms with E-state index in [0.29, 0.717) is 6.54 Å². The number of carbonyl (C=O) groups excluding carboxylic acids is 1. The molecule has 27 heavy (non-hydrogen) atoms. The summed E-state index contributed by atoms with van der Waals surface area (Å²) in [7, 11) is 0. The van der Waals surface area contributed by atoms with E-state index in [9.17, 15) is 4.79 Å². The third kappa shape index (κ3) is 3.51. The maximum absolute atomic E-state index is 13.4. The lowest BCUT2D eigenvalue weighted by Crippen LogP contribution is -2.43. The van der Waals surface area contributed by atoms with E-state index in [2.05, 4.69) is 21.8 Å². The molecule has 2 aliphatic rings. The monoisotopic (exact) mass is 367 g/mol. The van der Waals surface area contributed by atoms with E-state index >= 15 is 0 Å². The smallest absolute Gasteiger partial charge is 0.244 e. The SMILES string of the molecule is CCn1ccnc1CN(C(=O)[C@H](N)c1ccccc1)[C@H]1CC12CCNCC2. The Hall–Kier alpha value is -2.18. The average molecular weight is 367 g/mol. The number of nitrogens with one attached hydrogen (secondary N) is 1. The minimum atomic E-state index is -0.629. The van der Waals surface area contributed by atoms with Gasteiger partial charge in [-0.3, -0.25) is 4.79 Å². The van der Waals surface area contributed by atoms with E-state index in [1.807, 2.05) is 47.6 Å². The molecule has 2 heterocycles. The second-order valence-electron chi connectivity index (χ2n) is 7.82. The predicted molar refractivity (Wildman–Crippen MR) is 105 cm³/mol. The summed E-state index contributed by atoms with van der Waals surface area (Å²) in [5, 5.41) is 3.44. The highest BCUT2D eigenvalue weighted by Gasteiger charge is 2.58. The topological polar surface area (TPSA) is 76.2 Å². The first-order chi connectivity index (χ1) is 13.1. The van der Waals surface area contributed by atoms with Crippen LogP contribution in [0.25, 0.3) is 0 Å². The zero-order valence-corrected chi connectivity index (χ0v) is 16.0. The zero-order chi connectivity index (χ0) is 18.9. The molecule has 1 saturated carbocycles. The lowest BCUT2D eigenvalue weighted by Gasteiger charge is -2.31. The van der Waals surface area contributed by atoms with Crippen molar-refractivity contribution in [3.05, 3.63) is 54.1 Å². The number of carbonyl (C=O) groups is 1. The fraction of sp³-hybridized carbons (Fsp3) is 0.524. The Bertz CT molecular complexity index is 781. The van der Waals surface area contributed by atoms with Crippen molar-refractivity contribution >= 4 is 5.91 Å². The van der Waals surface area contributed by atoms with Gasteiger partial charge in [0.05, 0.1) is 6.54 Å². The van der Waals surface area contributed by atoms with Crippen LogP contribution in [0, 0.1) is 5.41 Å². The Morgan fingerprint density at radius 3 is 2.81 bits per heavy atom. The van der Waals surface area contributed by atoms with Gasteiger partial charge in [0.2, 0.25) is 5.91 Å². The molecular formula is C21H29N5O. The van der Waals surface area contributed by atoms with Gasteiger partial charge in [-0.05, 0) is 50.3 Å². The predicted octanol–water partition coefficient (Wildman–Crippen LogP) is 2.07. The van der Waals surface area contributed by atoms with Gasteiger partial charge in [0.25, 0.3) is 0 Å². The maximum atomic E-state index is 13.4. The fourth-order valence-electron chi connectivity index (χ4n) is 4.48. The molecule has 2 fully saturated rings. The summed E-state index contributed by atoms with van der Waals surface area (Å²) in [6.07, 6.45) is 7.12. The molecule has 0 bridgehead atoms. The van der Waals surface area contributed by atoms with Crippen LogP contribution in [0.15, 0.2) is 42.7 Å². The number of aromatic nitrogens is 2. The van der Waals surface area contributed by atoms with E-state index in [-0.39, 0.29) is 17.4 Å². The quantitative estimate of drug-likeness (QED) is 0.820. The molecule has 1 aliphatic carbocycles. The largest absolute Gasteiger partial charge is 0.334 e. The van der Waals surface area contributed by atoms with Gasteiger partial charge in [0, 0.05) is 25.0 Å². The molecule has 1 saturated heterocycles. The number of piperidine rings is 1. The van der Waals surface area contributed by atoms with Gasteiger partial charge in [0.15, 0.2) is 0 Å². The van der Waals surface area contributed by atoms with E-state index in [0.717, 1.165) is 50.3 Å². The van der Waals surface area contributed by atoms with Crippen molar-refractivity contribution in [3.8, 4) is 0 Å². The minimum absolute atomic E-state index is 0.00672. The molecule has 6 nitrogen and oxygen atoms in total. The molecule has 1 aliphatic heterocycles. The number of hydrogen-bond acceptors (Lipinski definition) is 4. The molecule has 1 aromatic carbocycles. The number of rotatable bonds is 6. The van der Waals surface area contributed by atoms with Crippen LogP contribution in [0.5, 0.6) is 0 Å². The van der Waals surface area contributed by atoms with Crippen LogP contribution in [0.2, 0.25) is 0 Å². The van der Waals surface area contributed by atoms with Crippen molar-refractivity contribution < 1.29 is 4.79 Å². The Balaban J connectivity index is 1.59. The highest BCUT2D eigenvalue weighted by molar-refractivity contribution is 5.83. The highest BCUT2D eigenvalue weighted by atomic mass is 16.2. The second-order valence-corrected chi connectivity index (χ2v) is 7.82. The summed E-state index contributed by atoms with van der Waals surface area (Å²) in [6.45, 7) is 5.54. The van der Waals surface area contributed by atoms with Crippen LogP contribution >= 0.6 is 0 Å². The van der Waals surface area contributed by atoms with Crippen LogP contribution in [0.4, 0.5) is 0 Å². The summed E-state index contributed by atoms with van der Waals surface area (Å²) >= 11 is 0. The molecule has 144 valence electrons. The zero-order valence-electron chi connectivity index (χ0n) is 16.0. The molecule has 0 radical (unpaired) electrons. The summed E-state index contributed by atoms with van der Waals surface area (Å²) < 4.78 is 2.10. The van der Waals surface area contributed by atoms with Gasteiger partial charge >= 0.3 is 0 Å². The van der Waals surface area contributed by atoms with Gasteiger partial charge < -0.3 is 20.5 Å². The van der Waals surface area contributed by atoms with Gasteiger partial charge in [-0.15, -0.1) is 0 Å². The van der Waals surface area contributed by atoms with Crippen LogP contribution in [0.3, 0.4) is 0 Å². The van der Waals surface area contributed by atoms with Crippen molar-refractivity contribution in [2.75, 3.05) is 13.1 Å². The van der Waals surface area contributed by atoms with Crippen LogP contribution in [0.1, 0.15) is 43.6 Å². The van der Waals surface area contributed by atoms with Crippen molar-refractivity contribution in [3.63, 3.8) is 0 Å². The lowest BCUT2D eigenvalue weighted by molar-refractivity contribution is -0.134. The number of nitrogens with zero attached hydrogens (tertiary/aromatic N) is 3. The van der Waals surface area contributed by atoms with E-state index < -0.39 is 6.04 Å². The summed E-state index contributed by atoms with van der Waals surface area (Å²) in [5.74, 6) is 0.939. The molecule has 2 atom stereocenters. The molecule has 6 heteroatoms. The number of imidazole rings is 1. The molecule has 1 spiro atoms. The lowest BCUT2D eigenvalue weighted by atomic mass is 9.93. The number of amides is 1. The van der Waals surface area contributed by atoms with Crippen molar-refractivity contribution in [2.45, 2.75) is 51.4 Å². The van der Waals surface area contributed by atoms with Crippen LogP contribution in [-0.2, 0) is 17.9 Å². The molecule has 2 aromatic rings. The van der Waals surface area contributed by atoms with E-state index in [1.54, 1.807) is 0 Å². The minimum Gasteiger partial charge on any atom is -0.334 e. The van der Waals surface area contributed by atoms with Crippen molar-refractivity contribution in [1.29, 1.82) is 0 Å². The third-order valence-corrected chi connectivity index (χ3v) is 6.28. The Morgan fingerprint density at radius 1 is 1.37 bits per heavy atom. The normalized spacial score (nSPS) is 21.8. The first-order valence-corrected chi connectivity index (χ1v) is 9.96. The maximum Gasteiger partial charge on any atom is 0.244 e. The van der Waals surface area contributed by atoms with Crippen LogP contribution in [-0.4, -0.2) is 39.5 Å². The summed E-state index contributed by atoms with van der Waals surface area (Å²) in [6, 6.07) is 9.31.